The molecule has 0 aliphatic rings. The van der Waals surface area contributed by atoms with Crippen molar-refractivity contribution in [3.63, 3.8) is 0 Å². The molecule has 0 aliphatic heterocycles. The lowest BCUT2D eigenvalue weighted by Gasteiger charge is -2.03. The van der Waals surface area contributed by atoms with Crippen LogP contribution in [0.2, 0.25) is 0 Å². The predicted molar refractivity (Wildman–Crippen MR) is 78.0 cm³/mol. The number of thioether (sulfide) groups is 1. The van der Waals surface area contributed by atoms with Crippen LogP contribution >= 0.6 is 11.8 Å². The highest BCUT2D eigenvalue weighted by Crippen LogP contribution is 2.24. The Bertz CT molecular complexity index is 518. The molecule has 0 heterocycles. The molecule has 0 fully saturated rings. The van der Waals surface area contributed by atoms with E-state index in [2.05, 4.69) is 30.4 Å². The van der Waals surface area contributed by atoms with Crippen molar-refractivity contribution in [2.45, 2.75) is 4.90 Å². The summed E-state index contributed by atoms with van der Waals surface area (Å²) < 4.78 is 0. The van der Waals surface area contributed by atoms with Crippen LogP contribution < -0.4 is 5.73 Å². The van der Waals surface area contributed by atoms with Crippen molar-refractivity contribution in [2.24, 2.45) is 0 Å². The fraction of sp³-hybridized carbons (Fsp3) is 0.0667. The second kappa shape index (κ2) is 5.60. The van der Waals surface area contributed by atoms with Crippen LogP contribution in [0.1, 0.15) is 11.1 Å². The Morgan fingerprint density at radius 3 is 2.35 bits per heavy atom. The molecular formula is C15H15NS. The van der Waals surface area contributed by atoms with Gasteiger partial charge in [0.2, 0.25) is 0 Å². The number of hydrogen-bond acceptors (Lipinski definition) is 2. The first kappa shape index (κ1) is 11.8. The molecule has 2 heteroatoms. The first-order chi connectivity index (χ1) is 8.29. The smallest absolute Gasteiger partial charge is 0.0452 e. The second-order valence-corrected chi connectivity index (χ2v) is 4.59. The van der Waals surface area contributed by atoms with Gasteiger partial charge in [-0.15, -0.1) is 11.8 Å². The molecule has 0 saturated heterocycles. The van der Waals surface area contributed by atoms with E-state index in [4.69, 9.17) is 5.73 Å². The lowest BCUT2D eigenvalue weighted by Crippen LogP contribution is -1.88. The molecule has 0 amide bonds. The molecule has 0 radical (unpaired) electrons. The number of benzene rings is 2. The van der Waals surface area contributed by atoms with Crippen molar-refractivity contribution in [3.8, 4) is 0 Å². The summed E-state index contributed by atoms with van der Waals surface area (Å²) in [6, 6.07) is 16.4. The minimum atomic E-state index is 0.842. The third-order valence-electron chi connectivity index (χ3n) is 2.53. The van der Waals surface area contributed by atoms with Crippen LogP contribution in [-0.4, -0.2) is 6.26 Å². The molecule has 0 saturated carbocycles. The summed E-state index contributed by atoms with van der Waals surface area (Å²) in [5.74, 6) is 0. The van der Waals surface area contributed by atoms with Gasteiger partial charge in [0.25, 0.3) is 0 Å². The summed E-state index contributed by atoms with van der Waals surface area (Å²) in [5, 5.41) is 0. The zero-order valence-corrected chi connectivity index (χ0v) is 10.6. The molecule has 0 aromatic heterocycles. The SMILES string of the molecule is CSc1cc(C=Cc2ccccc2)ccc1N. The van der Waals surface area contributed by atoms with E-state index in [0.29, 0.717) is 0 Å². The number of nitrogen functional groups attached to an aromatic ring is 1. The van der Waals surface area contributed by atoms with Gasteiger partial charge in [0.1, 0.15) is 0 Å². The molecule has 2 aromatic carbocycles. The van der Waals surface area contributed by atoms with Gasteiger partial charge in [0, 0.05) is 10.6 Å². The summed E-state index contributed by atoms with van der Waals surface area (Å²) in [5.41, 5.74) is 9.08. The molecule has 0 aliphatic carbocycles. The maximum atomic E-state index is 5.86. The average molecular weight is 241 g/mol. The van der Waals surface area contributed by atoms with Crippen LogP contribution in [-0.2, 0) is 0 Å². The average Bonchev–Trinajstić information content (AvgIpc) is 2.39. The molecule has 2 rings (SSSR count). The number of nitrogens with two attached hydrogens (primary N) is 1. The highest BCUT2D eigenvalue weighted by atomic mass is 32.2. The normalized spacial score (nSPS) is 10.9. The van der Waals surface area contributed by atoms with E-state index in [1.807, 2.05) is 36.6 Å². The molecule has 2 N–H and O–H groups in total. The monoisotopic (exact) mass is 241 g/mol. The van der Waals surface area contributed by atoms with Gasteiger partial charge in [-0.3, -0.25) is 0 Å². The fourth-order valence-corrected chi connectivity index (χ4v) is 2.15. The molecule has 0 atom stereocenters. The van der Waals surface area contributed by atoms with Crippen molar-refractivity contribution >= 4 is 29.6 Å². The lowest BCUT2D eigenvalue weighted by atomic mass is 10.1. The summed E-state index contributed by atoms with van der Waals surface area (Å²) in [7, 11) is 0. The predicted octanol–water partition coefficient (Wildman–Crippen LogP) is 4.16. The third kappa shape index (κ3) is 3.14. The largest absolute Gasteiger partial charge is 0.398 e. The number of hydrogen-bond donors (Lipinski definition) is 1. The summed E-state index contributed by atoms with van der Waals surface area (Å²) in [6.07, 6.45) is 6.25. The number of anilines is 1. The second-order valence-electron chi connectivity index (χ2n) is 3.75. The standard InChI is InChI=1S/C15H15NS/c1-17-15-11-13(9-10-14(15)16)8-7-12-5-3-2-4-6-12/h2-11H,16H2,1H3. The van der Waals surface area contributed by atoms with Crippen molar-refractivity contribution in [2.75, 3.05) is 12.0 Å². The van der Waals surface area contributed by atoms with E-state index in [1.165, 1.54) is 11.1 Å². The molecule has 86 valence electrons. The summed E-state index contributed by atoms with van der Waals surface area (Å²) in [6.45, 7) is 0. The maximum absolute atomic E-state index is 5.86. The maximum Gasteiger partial charge on any atom is 0.0452 e. The summed E-state index contributed by atoms with van der Waals surface area (Å²) >= 11 is 1.67. The molecule has 0 unspecified atom stereocenters. The van der Waals surface area contributed by atoms with Crippen molar-refractivity contribution in [3.05, 3.63) is 59.7 Å². The zero-order chi connectivity index (χ0) is 12.1. The van der Waals surface area contributed by atoms with E-state index < -0.39 is 0 Å². The molecule has 17 heavy (non-hydrogen) atoms. The van der Waals surface area contributed by atoms with Gasteiger partial charge in [-0.2, -0.15) is 0 Å². The van der Waals surface area contributed by atoms with Gasteiger partial charge in [-0.25, -0.2) is 0 Å². The third-order valence-corrected chi connectivity index (χ3v) is 3.32. The molecule has 2 aromatic rings. The first-order valence-electron chi connectivity index (χ1n) is 5.46. The fourth-order valence-electron chi connectivity index (χ4n) is 1.59. The van der Waals surface area contributed by atoms with Crippen LogP contribution in [0.4, 0.5) is 5.69 Å². The lowest BCUT2D eigenvalue weighted by molar-refractivity contribution is 1.45. The Labute approximate surface area is 106 Å². The van der Waals surface area contributed by atoms with Gasteiger partial charge in [-0.1, -0.05) is 48.6 Å². The zero-order valence-electron chi connectivity index (χ0n) is 9.76. The van der Waals surface area contributed by atoms with Gasteiger partial charge in [0.05, 0.1) is 0 Å². The Kier molecular flexibility index (Phi) is 3.89. The van der Waals surface area contributed by atoms with E-state index in [-0.39, 0.29) is 0 Å². The minimum Gasteiger partial charge on any atom is -0.398 e. The molecule has 0 spiro atoms. The van der Waals surface area contributed by atoms with Crippen molar-refractivity contribution in [1.29, 1.82) is 0 Å². The highest BCUT2D eigenvalue weighted by molar-refractivity contribution is 7.98. The highest BCUT2D eigenvalue weighted by Gasteiger charge is 1.97. The Balaban J connectivity index is 2.22. The number of rotatable bonds is 3. The minimum absolute atomic E-state index is 0.842. The van der Waals surface area contributed by atoms with Gasteiger partial charge in [0.15, 0.2) is 0 Å². The van der Waals surface area contributed by atoms with E-state index in [1.54, 1.807) is 11.8 Å². The van der Waals surface area contributed by atoms with Crippen LogP contribution in [0, 0.1) is 0 Å². The van der Waals surface area contributed by atoms with E-state index >= 15 is 0 Å². The Morgan fingerprint density at radius 2 is 1.65 bits per heavy atom. The van der Waals surface area contributed by atoms with Gasteiger partial charge >= 0.3 is 0 Å². The van der Waals surface area contributed by atoms with Crippen LogP contribution in [0.5, 0.6) is 0 Å². The van der Waals surface area contributed by atoms with E-state index in [0.717, 1.165) is 10.6 Å². The van der Waals surface area contributed by atoms with E-state index in [9.17, 15) is 0 Å². The first-order valence-corrected chi connectivity index (χ1v) is 6.69. The molecular weight excluding hydrogens is 226 g/mol. The van der Waals surface area contributed by atoms with Gasteiger partial charge < -0.3 is 5.73 Å². The van der Waals surface area contributed by atoms with Crippen molar-refractivity contribution in [1.82, 2.24) is 0 Å². The van der Waals surface area contributed by atoms with Crippen molar-refractivity contribution < 1.29 is 0 Å². The van der Waals surface area contributed by atoms with Crippen LogP contribution in [0.3, 0.4) is 0 Å². The van der Waals surface area contributed by atoms with Gasteiger partial charge in [-0.05, 0) is 29.5 Å². The Morgan fingerprint density at radius 1 is 0.941 bits per heavy atom. The van der Waals surface area contributed by atoms with Crippen LogP contribution in [0.15, 0.2) is 53.4 Å². The Hall–Kier alpha value is -1.67. The molecule has 1 nitrogen and oxygen atoms in total. The van der Waals surface area contributed by atoms with Crippen LogP contribution in [0.25, 0.3) is 12.2 Å². The quantitative estimate of drug-likeness (QED) is 0.496. The topological polar surface area (TPSA) is 26.0 Å². The summed E-state index contributed by atoms with van der Waals surface area (Å²) in [4.78, 5) is 1.13. The molecule has 0 bridgehead atoms.